The molecular weight excluding hydrogens is 232 g/mol. The van der Waals surface area contributed by atoms with Crippen molar-refractivity contribution in [3.8, 4) is 0 Å². The third kappa shape index (κ3) is 3.37. The molecule has 1 heterocycles. The van der Waals surface area contributed by atoms with Crippen LogP contribution < -0.4 is 5.73 Å². The van der Waals surface area contributed by atoms with Crippen LogP contribution in [0.3, 0.4) is 0 Å². The quantitative estimate of drug-likeness (QED) is 0.895. The predicted molar refractivity (Wildman–Crippen MR) is 82.2 cm³/mol. The molecule has 0 spiro atoms. The largest absolute Gasteiger partial charge is 0.326 e. The van der Waals surface area contributed by atoms with Crippen molar-refractivity contribution in [1.29, 1.82) is 0 Å². The number of nitrogens with two attached hydrogens (primary N) is 1. The van der Waals surface area contributed by atoms with E-state index in [2.05, 4.69) is 49.9 Å². The fourth-order valence-corrected chi connectivity index (χ4v) is 3.21. The van der Waals surface area contributed by atoms with Crippen molar-refractivity contribution in [2.24, 2.45) is 5.73 Å². The minimum Gasteiger partial charge on any atom is -0.326 e. The van der Waals surface area contributed by atoms with Crippen molar-refractivity contribution in [3.63, 3.8) is 0 Å². The zero-order valence-electron chi connectivity index (χ0n) is 12.6. The summed E-state index contributed by atoms with van der Waals surface area (Å²) in [6.45, 7) is 7.87. The van der Waals surface area contributed by atoms with Crippen molar-refractivity contribution in [1.82, 2.24) is 4.90 Å². The smallest absolute Gasteiger partial charge is 0.0501 e. The van der Waals surface area contributed by atoms with E-state index in [-0.39, 0.29) is 6.04 Å². The standard InChI is InChI=1S/C17H28N2/c1-4-16(18)17(15-10-8-13(2)9-11-15)19-12-6-5-7-14(19)3/h8-11,14,16-17H,4-7,12,18H2,1-3H3. The lowest BCUT2D eigenvalue weighted by Crippen LogP contribution is -2.47. The molecule has 2 rings (SSSR count). The van der Waals surface area contributed by atoms with Crippen LogP contribution in [0.15, 0.2) is 24.3 Å². The van der Waals surface area contributed by atoms with Gasteiger partial charge in [-0.1, -0.05) is 43.2 Å². The molecule has 1 aromatic carbocycles. The summed E-state index contributed by atoms with van der Waals surface area (Å²) >= 11 is 0. The lowest BCUT2D eigenvalue weighted by Gasteiger charge is -2.42. The van der Waals surface area contributed by atoms with Gasteiger partial charge in [-0.15, -0.1) is 0 Å². The molecule has 2 heteroatoms. The van der Waals surface area contributed by atoms with Crippen LogP contribution in [-0.2, 0) is 0 Å². The van der Waals surface area contributed by atoms with E-state index in [9.17, 15) is 0 Å². The third-order valence-corrected chi connectivity index (χ3v) is 4.51. The molecule has 3 unspecified atom stereocenters. The summed E-state index contributed by atoms with van der Waals surface area (Å²) in [5.74, 6) is 0. The van der Waals surface area contributed by atoms with Gasteiger partial charge in [0.25, 0.3) is 0 Å². The highest BCUT2D eigenvalue weighted by molar-refractivity contribution is 5.25. The Morgan fingerprint density at radius 2 is 1.95 bits per heavy atom. The van der Waals surface area contributed by atoms with Gasteiger partial charge in [0.05, 0.1) is 6.04 Å². The molecule has 0 saturated carbocycles. The molecule has 19 heavy (non-hydrogen) atoms. The van der Waals surface area contributed by atoms with Crippen molar-refractivity contribution in [2.45, 2.75) is 64.6 Å². The van der Waals surface area contributed by atoms with Crippen LogP contribution in [0.25, 0.3) is 0 Å². The number of rotatable bonds is 4. The summed E-state index contributed by atoms with van der Waals surface area (Å²) in [4.78, 5) is 2.63. The van der Waals surface area contributed by atoms with E-state index in [0.717, 1.165) is 6.42 Å². The van der Waals surface area contributed by atoms with Gasteiger partial charge in [0.1, 0.15) is 0 Å². The topological polar surface area (TPSA) is 29.3 Å². The summed E-state index contributed by atoms with van der Waals surface area (Å²) in [5, 5.41) is 0. The SMILES string of the molecule is CCC(N)C(c1ccc(C)cc1)N1CCCCC1C. The molecular formula is C17H28N2. The van der Waals surface area contributed by atoms with Crippen molar-refractivity contribution in [2.75, 3.05) is 6.54 Å². The third-order valence-electron chi connectivity index (χ3n) is 4.51. The van der Waals surface area contributed by atoms with E-state index >= 15 is 0 Å². The first-order chi connectivity index (χ1) is 9.13. The molecule has 1 aliphatic heterocycles. The molecule has 3 atom stereocenters. The molecule has 1 aromatic rings. The zero-order valence-corrected chi connectivity index (χ0v) is 12.6. The molecule has 0 bridgehead atoms. The molecule has 2 nitrogen and oxygen atoms in total. The highest BCUT2D eigenvalue weighted by atomic mass is 15.2. The minimum absolute atomic E-state index is 0.225. The Kier molecular flexibility index (Phi) is 5.00. The Bertz CT molecular complexity index is 385. The number of nitrogens with zero attached hydrogens (tertiary/aromatic N) is 1. The summed E-state index contributed by atoms with van der Waals surface area (Å²) in [5.41, 5.74) is 9.14. The van der Waals surface area contributed by atoms with E-state index in [0.29, 0.717) is 12.1 Å². The van der Waals surface area contributed by atoms with Crippen molar-refractivity contribution in [3.05, 3.63) is 35.4 Å². The summed E-state index contributed by atoms with van der Waals surface area (Å²) in [6.07, 6.45) is 5.00. The Morgan fingerprint density at radius 3 is 2.53 bits per heavy atom. The molecule has 0 radical (unpaired) electrons. The maximum absolute atomic E-state index is 6.44. The van der Waals surface area contributed by atoms with Gasteiger partial charge in [-0.3, -0.25) is 4.90 Å². The summed E-state index contributed by atoms with van der Waals surface area (Å²) < 4.78 is 0. The van der Waals surface area contributed by atoms with Gasteiger partial charge in [0, 0.05) is 12.1 Å². The molecule has 106 valence electrons. The number of likely N-dealkylation sites (tertiary alicyclic amines) is 1. The maximum atomic E-state index is 6.44. The van der Waals surface area contributed by atoms with Crippen LogP contribution in [0, 0.1) is 6.92 Å². The lowest BCUT2D eigenvalue weighted by atomic mass is 9.91. The maximum Gasteiger partial charge on any atom is 0.0501 e. The van der Waals surface area contributed by atoms with Crippen LogP contribution >= 0.6 is 0 Å². The lowest BCUT2D eigenvalue weighted by molar-refractivity contribution is 0.0880. The number of hydrogen-bond acceptors (Lipinski definition) is 2. The minimum atomic E-state index is 0.225. The van der Waals surface area contributed by atoms with Crippen LogP contribution in [0.5, 0.6) is 0 Å². The van der Waals surface area contributed by atoms with Gasteiger partial charge >= 0.3 is 0 Å². The second-order valence-corrected chi connectivity index (χ2v) is 6.01. The number of benzene rings is 1. The van der Waals surface area contributed by atoms with Gasteiger partial charge in [0.2, 0.25) is 0 Å². The first-order valence-electron chi connectivity index (χ1n) is 7.71. The first-order valence-corrected chi connectivity index (χ1v) is 7.71. The second kappa shape index (κ2) is 6.53. The molecule has 2 N–H and O–H groups in total. The normalized spacial score (nSPS) is 24.1. The van der Waals surface area contributed by atoms with E-state index in [1.807, 2.05) is 0 Å². The van der Waals surface area contributed by atoms with E-state index in [1.54, 1.807) is 0 Å². The van der Waals surface area contributed by atoms with Crippen LogP contribution in [-0.4, -0.2) is 23.5 Å². The van der Waals surface area contributed by atoms with Crippen molar-refractivity contribution < 1.29 is 0 Å². The highest BCUT2D eigenvalue weighted by Crippen LogP contribution is 2.31. The Balaban J connectivity index is 2.27. The Hall–Kier alpha value is -0.860. The van der Waals surface area contributed by atoms with Crippen LogP contribution in [0.4, 0.5) is 0 Å². The van der Waals surface area contributed by atoms with Crippen molar-refractivity contribution >= 4 is 0 Å². The van der Waals surface area contributed by atoms with Gasteiger partial charge in [-0.2, -0.15) is 0 Å². The number of hydrogen-bond donors (Lipinski definition) is 1. The average Bonchev–Trinajstić information content (AvgIpc) is 2.43. The molecule has 0 aliphatic carbocycles. The molecule has 1 aliphatic rings. The Morgan fingerprint density at radius 1 is 1.26 bits per heavy atom. The van der Waals surface area contributed by atoms with Crippen LogP contribution in [0.1, 0.15) is 56.7 Å². The fourth-order valence-electron chi connectivity index (χ4n) is 3.21. The van der Waals surface area contributed by atoms with Gasteiger partial charge in [-0.05, 0) is 45.2 Å². The highest BCUT2D eigenvalue weighted by Gasteiger charge is 2.30. The monoisotopic (exact) mass is 260 g/mol. The number of piperidine rings is 1. The summed E-state index contributed by atoms with van der Waals surface area (Å²) in [6, 6.07) is 10.2. The molecule has 1 fully saturated rings. The molecule has 0 aromatic heterocycles. The van der Waals surface area contributed by atoms with E-state index in [1.165, 1.54) is 36.9 Å². The van der Waals surface area contributed by atoms with Crippen LogP contribution in [0.2, 0.25) is 0 Å². The number of aryl methyl sites for hydroxylation is 1. The van der Waals surface area contributed by atoms with Gasteiger partial charge in [-0.25, -0.2) is 0 Å². The second-order valence-electron chi connectivity index (χ2n) is 6.01. The van der Waals surface area contributed by atoms with Gasteiger partial charge < -0.3 is 5.73 Å². The summed E-state index contributed by atoms with van der Waals surface area (Å²) in [7, 11) is 0. The van der Waals surface area contributed by atoms with E-state index < -0.39 is 0 Å². The molecule has 1 saturated heterocycles. The Labute approximate surface area is 118 Å². The molecule has 0 amide bonds. The predicted octanol–water partition coefficient (Wildman–Crippen LogP) is 3.65. The fraction of sp³-hybridized carbons (Fsp3) is 0.647. The van der Waals surface area contributed by atoms with Gasteiger partial charge in [0.15, 0.2) is 0 Å². The first kappa shape index (κ1) is 14.5. The average molecular weight is 260 g/mol. The zero-order chi connectivity index (χ0) is 13.8. The van der Waals surface area contributed by atoms with E-state index in [4.69, 9.17) is 5.73 Å².